The maximum absolute atomic E-state index is 12.6. The molecule has 4 aromatic carbocycles. The van der Waals surface area contributed by atoms with Gasteiger partial charge in [0.25, 0.3) is 0 Å². The van der Waals surface area contributed by atoms with Crippen LogP contribution >= 0.6 is 11.3 Å². The number of anilines is 1. The van der Waals surface area contributed by atoms with E-state index in [0.29, 0.717) is 37.9 Å². The normalized spacial score (nSPS) is 12.0. The highest BCUT2D eigenvalue weighted by atomic mass is 32.1. The van der Waals surface area contributed by atoms with Crippen LogP contribution in [-0.4, -0.2) is 77.5 Å². The molecular formula is C49H62N6O6S. The van der Waals surface area contributed by atoms with Crippen molar-refractivity contribution in [3.05, 3.63) is 131 Å². The Bertz CT molecular complexity index is 2040. The van der Waals surface area contributed by atoms with E-state index in [9.17, 15) is 9.59 Å². The zero-order valence-electron chi connectivity index (χ0n) is 36.8. The first-order valence-corrected chi connectivity index (χ1v) is 22.3. The van der Waals surface area contributed by atoms with Crippen molar-refractivity contribution in [2.45, 2.75) is 76.4 Å². The number of unbranched alkanes of at least 4 members (excludes halogenated alkanes) is 3. The minimum Gasteiger partial charge on any atom is -0.497 e. The maximum atomic E-state index is 12.6. The zero-order valence-corrected chi connectivity index (χ0v) is 37.6. The van der Waals surface area contributed by atoms with Gasteiger partial charge in [-0.15, -0.1) is 10.2 Å². The number of aromatic nitrogens is 1. The molecule has 1 atom stereocenters. The van der Waals surface area contributed by atoms with Crippen LogP contribution in [0.4, 0.5) is 16.5 Å². The van der Waals surface area contributed by atoms with E-state index in [1.165, 1.54) is 11.3 Å². The molecule has 330 valence electrons. The molecule has 2 N–H and O–H groups in total. The first kappa shape index (κ1) is 47.4. The summed E-state index contributed by atoms with van der Waals surface area (Å²) in [6, 6.07) is 34.1. The highest BCUT2D eigenvalue weighted by Crippen LogP contribution is 2.42. The number of benzene rings is 4. The lowest BCUT2D eigenvalue weighted by molar-refractivity contribution is -0.121. The van der Waals surface area contributed by atoms with Gasteiger partial charge in [-0.2, -0.15) is 0 Å². The van der Waals surface area contributed by atoms with E-state index in [1.54, 1.807) is 20.4 Å². The predicted molar refractivity (Wildman–Crippen MR) is 247 cm³/mol. The first-order chi connectivity index (χ1) is 30.2. The quantitative estimate of drug-likeness (QED) is 0.0303. The lowest BCUT2D eigenvalue weighted by Crippen LogP contribution is -2.36. The standard InChI is InChI=1S/C49H62N6O6S/c1-6-33-60-44(36-61-49(37-15-9-7-10-16-37,38-19-27-42(58-4)28-20-38)39-21-29-43(59-5)30-22-39)17-12-14-32-50-46(56)18-11-8-13-31-51-47(57)34-45-35-52-48(62-45)54-53-40-23-25-41(26-24-40)55(2)3/h7,9-10,15-16,19-30,35,44H,6,8,11-14,17-18,31-34,36H2,1-5H3,(H,50,56)(H,51,57). The van der Waals surface area contributed by atoms with E-state index in [-0.39, 0.29) is 24.3 Å². The molecular weight excluding hydrogens is 801 g/mol. The van der Waals surface area contributed by atoms with Crippen LogP contribution in [0.1, 0.15) is 79.9 Å². The van der Waals surface area contributed by atoms with Crippen LogP contribution in [-0.2, 0) is 31.1 Å². The molecule has 5 aromatic rings. The number of amides is 2. The molecule has 0 aliphatic rings. The first-order valence-electron chi connectivity index (χ1n) is 21.5. The molecule has 2 amide bonds. The van der Waals surface area contributed by atoms with E-state index in [0.717, 1.165) is 89.4 Å². The smallest absolute Gasteiger partial charge is 0.230 e. The van der Waals surface area contributed by atoms with Gasteiger partial charge >= 0.3 is 0 Å². The number of methoxy groups -OCH3 is 2. The summed E-state index contributed by atoms with van der Waals surface area (Å²) < 4.78 is 24.5. The average molecular weight is 863 g/mol. The number of thiazole rings is 1. The summed E-state index contributed by atoms with van der Waals surface area (Å²) in [6.07, 6.45) is 8.05. The second-order valence-electron chi connectivity index (χ2n) is 15.2. The van der Waals surface area contributed by atoms with E-state index < -0.39 is 5.60 Å². The molecule has 0 saturated carbocycles. The van der Waals surface area contributed by atoms with Gasteiger partial charge in [-0.25, -0.2) is 4.98 Å². The Morgan fingerprint density at radius 3 is 1.97 bits per heavy atom. The number of ether oxygens (including phenoxy) is 4. The molecule has 0 fully saturated rings. The van der Waals surface area contributed by atoms with Gasteiger partial charge in [0, 0.05) is 57.0 Å². The largest absolute Gasteiger partial charge is 0.497 e. The van der Waals surface area contributed by atoms with Crippen LogP contribution in [0.25, 0.3) is 0 Å². The highest BCUT2D eigenvalue weighted by molar-refractivity contribution is 7.15. The molecule has 1 aromatic heterocycles. The molecule has 0 aliphatic heterocycles. The molecule has 0 saturated heterocycles. The van der Waals surface area contributed by atoms with Crippen molar-refractivity contribution >= 4 is 39.7 Å². The summed E-state index contributed by atoms with van der Waals surface area (Å²) in [6.45, 7) is 4.27. The fourth-order valence-corrected chi connectivity index (χ4v) is 7.71. The van der Waals surface area contributed by atoms with Crippen molar-refractivity contribution in [1.82, 2.24) is 15.6 Å². The second kappa shape index (κ2) is 25.3. The topological polar surface area (TPSA) is 136 Å². The van der Waals surface area contributed by atoms with Crippen molar-refractivity contribution in [2.75, 3.05) is 59.5 Å². The number of hydrogen-bond acceptors (Lipinski definition) is 11. The van der Waals surface area contributed by atoms with Crippen molar-refractivity contribution in [3.8, 4) is 11.5 Å². The fourth-order valence-electron chi connectivity index (χ4n) is 6.98. The third-order valence-corrected chi connectivity index (χ3v) is 11.3. The molecule has 12 nitrogen and oxygen atoms in total. The lowest BCUT2D eigenvalue weighted by Gasteiger charge is -2.37. The van der Waals surface area contributed by atoms with Gasteiger partial charge in [-0.3, -0.25) is 9.59 Å². The third kappa shape index (κ3) is 14.5. The summed E-state index contributed by atoms with van der Waals surface area (Å²) in [5, 5.41) is 15.0. The Morgan fingerprint density at radius 2 is 1.35 bits per heavy atom. The van der Waals surface area contributed by atoms with Crippen LogP contribution in [0.15, 0.2) is 120 Å². The van der Waals surface area contributed by atoms with Crippen molar-refractivity contribution < 1.29 is 28.5 Å². The molecule has 62 heavy (non-hydrogen) atoms. The van der Waals surface area contributed by atoms with Gasteiger partial charge in [0.1, 0.15) is 17.1 Å². The molecule has 1 unspecified atom stereocenters. The molecule has 13 heteroatoms. The Hall–Kier alpha value is -5.63. The van der Waals surface area contributed by atoms with Crippen LogP contribution in [0.2, 0.25) is 0 Å². The van der Waals surface area contributed by atoms with E-state index >= 15 is 0 Å². The fraction of sp³-hybridized carbons (Fsp3) is 0.408. The Balaban J connectivity index is 1.02. The van der Waals surface area contributed by atoms with Gasteiger partial charge in [0.05, 0.1) is 39.0 Å². The molecule has 0 aliphatic carbocycles. The summed E-state index contributed by atoms with van der Waals surface area (Å²) in [5.74, 6) is 1.52. The number of nitrogens with one attached hydrogen (secondary N) is 2. The average Bonchev–Trinajstić information content (AvgIpc) is 3.75. The van der Waals surface area contributed by atoms with Gasteiger partial charge in [-0.1, -0.05) is 79.3 Å². The van der Waals surface area contributed by atoms with Gasteiger partial charge in [0.2, 0.25) is 16.9 Å². The minimum atomic E-state index is -0.923. The van der Waals surface area contributed by atoms with Crippen LogP contribution in [0.3, 0.4) is 0 Å². The minimum absolute atomic E-state index is 0.0477. The molecule has 0 bridgehead atoms. The van der Waals surface area contributed by atoms with E-state index in [2.05, 4.69) is 69.2 Å². The number of hydrogen-bond donors (Lipinski definition) is 2. The van der Waals surface area contributed by atoms with Crippen LogP contribution in [0.5, 0.6) is 11.5 Å². The van der Waals surface area contributed by atoms with Crippen molar-refractivity contribution in [1.29, 1.82) is 0 Å². The van der Waals surface area contributed by atoms with Crippen LogP contribution < -0.4 is 25.0 Å². The molecule has 1 heterocycles. The predicted octanol–water partition coefficient (Wildman–Crippen LogP) is 9.95. The van der Waals surface area contributed by atoms with E-state index in [1.807, 2.05) is 85.7 Å². The molecule has 0 spiro atoms. The number of rotatable bonds is 27. The number of azo groups is 1. The third-order valence-electron chi connectivity index (χ3n) is 10.4. The van der Waals surface area contributed by atoms with Gasteiger partial charge in [-0.05, 0) is 104 Å². The van der Waals surface area contributed by atoms with E-state index in [4.69, 9.17) is 18.9 Å². The number of nitrogens with zero attached hydrogens (tertiary/aromatic N) is 4. The summed E-state index contributed by atoms with van der Waals surface area (Å²) in [7, 11) is 7.30. The molecule has 0 radical (unpaired) electrons. The van der Waals surface area contributed by atoms with Crippen LogP contribution in [0, 0.1) is 0 Å². The summed E-state index contributed by atoms with van der Waals surface area (Å²) in [4.78, 5) is 32.3. The Labute approximate surface area is 371 Å². The molecule has 5 rings (SSSR count). The van der Waals surface area contributed by atoms with Gasteiger partial charge in [0.15, 0.2) is 0 Å². The SMILES string of the molecule is CCCOC(CCCCNC(=O)CCCCCNC(=O)Cc1cnc(N=Nc2ccc(N(C)C)cc2)s1)COC(c1ccccc1)(c1ccc(OC)cc1)c1ccc(OC)cc1. The number of carbonyl (C=O) groups is 2. The second-order valence-corrected chi connectivity index (χ2v) is 16.3. The van der Waals surface area contributed by atoms with Crippen molar-refractivity contribution in [2.24, 2.45) is 10.2 Å². The lowest BCUT2D eigenvalue weighted by atomic mass is 9.80. The number of carbonyl (C=O) groups excluding carboxylic acids is 2. The summed E-state index contributed by atoms with van der Waals surface area (Å²) >= 11 is 1.35. The Kier molecular flexibility index (Phi) is 19.4. The summed E-state index contributed by atoms with van der Waals surface area (Å²) in [5.41, 5.74) is 3.85. The highest BCUT2D eigenvalue weighted by Gasteiger charge is 2.38. The Morgan fingerprint density at radius 1 is 0.742 bits per heavy atom. The monoisotopic (exact) mass is 862 g/mol. The zero-order chi connectivity index (χ0) is 44.0. The maximum Gasteiger partial charge on any atom is 0.230 e. The van der Waals surface area contributed by atoms with Gasteiger partial charge < -0.3 is 34.5 Å². The van der Waals surface area contributed by atoms with Crippen molar-refractivity contribution in [3.63, 3.8) is 0 Å².